The van der Waals surface area contributed by atoms with E-state index in [-0.39, 0.29) is 0 Å². The first-order valence-electron chi connectivity index (χ1n) is 3.96. The lowest BCUT2D eigenvalue weighted by Crippen LogP contribution is -1.98. The third kappa shape index (κ3) is 3.42. The van der Waals surface area contributed by atoms with Crippen LogP contribution in [0.3, 0.4) is 0 Å². The van der Waals surface area contributed by atoms with E-state index >= 15 is 0 Å². The van der Waals surface area contributed by atoms with E-state index in [0.717, 1.165) is 11.3 Å². The Bertz CT molecular complexity index is 297. The molecule has 0 aromatic heterocycles. The van der Waals surface area contributed by atoms with Gasteiger partial charge in [0.1, 0.15) is 0 Å². The first-order chi connectivity index (χ1) is 6.22. The smallest absolute Gasteiger partial charge is 0.0877 e. The Morgan fingerprint density at radius 3 is 2.77 bits per heavy atom. The van der Waals surface area contributed by atoms with Crippen LogP contribution in [-0.4, -0.2) is 19.1 Å². The highest BCUT2D eigenvalue weighted by atomic mass is 35.5. The number of nitrogens with zero attached hydrogens (tertiary/aromatic N) is 3. The number of benzene rings is 1. The van der Waals surface area contributed by atoms with Gasteiger partial charge in [-0.3, -0.25) is 5.01 Å². The Kier molecular flexibility index (Phi) is 3.71. The predicted octanol–water partition coefficient (Wildman–Crippen LogP) is 2.99. The Labute approximate surface area is 83.0 Å². The summed E-state index contributed by atoms with van der Waals surface area (Å²) in [6.45, 7) is 0. The zero-order valence-electron chi connectivity index (χ0n) is 7.74. The van der Waals surface area contributed by atoms with E-state index in [1.54, 1.807) is 5.01 Å². The minimum atomic E-state index is 0.505. The van der Waals surface area contributed by atoms with Gasteiger partial charge in [-0.15, -0.1) is 16.7 Å². The molecule has 0 atom stereocenters. The minimum Gasteiger partial charge on any atom is -0.285 e. The van der Waals surface area contributed by atoms with Crippen molar-refractivity contribution < 1.29 is 0 Å². The second-order valence-corrected chi connectivity index (χ2v) is 3.11. The molecule has 13 heavy (non-hydrogen) atoms. The van der Waals surface area contributed by atoms with Gasteiger partial charge >= 0.3 is 0 Å². The topological polar surface area (TPSA) is 28.0 Å². The van der Waals surface area contributed by atoms with Gasteiger partial charge < -0.3 is 0 Å². The monoisotopic (exact) mass is 197 g/mol. The van der Waals surface area contributed by atoms with Gasteiger partial charge in [0, 0.05) is 20.0 Å². The van der Waals surface area contributed by atoms with Crippen molar-refractivity contribution in [3.05, 3.63) is 29.8 Å². The standard InChI is InChI=1S/C9H12ClN3/c1-13(2)12-11-9-5-3-4-8(6-9)7-10/h3-6H,7H2,1-2H3. The van der Waals surface area contributed by atoms with Crippen LogP contribution in [0.1, 0.15) is 5.56 Å². The molecule has 0 aliphatic heterocycles. The van der Waals surface area contributed by atoms with E-state index in [4.69, 9.17) is 11.6 Å². The highest BCUT2D eigenvalue weighted by Gasteiger charge is 1.92. The summed E-state index contributed by atoms with van der Waals surface area (Å²) in [6.07, 6.45) is 0. The van der Waals surface area contributed by atoms with E-state index in [0.29, 0.717) is 5.88 Å². The molecule has 3 nitrogen and oxygen atoms in total. The van der Waals surface area contributed by atoms with Gasteiger partial charge in [0.15, 0.2) is 0 Å². The molecule has 0 unspecified atom stereocenters. The van der Waals surface area contributed by atoms with E-state index in [2.05, 4.69) is 10.3 Å². The maximum absolute atomic E-state index is 5.68. The Hall–Kier alpha value is -1.09. The first kappa shape index (κ1) is 9.99. The molecule has 0 N–H and O–H groups in total. The molecule has 1 aromatic rings. The average Bonchev–Trinajstić information content (AvgIpc) is 2.15. The summed E-state index contributed by atoms with van der Waals surface area (Å²) < 4.78 is 0. The van der Waals surface area contributed by atoms with Crippen LogP contribution in [-0.2, 0) is 5.88 Å². The first-order valence-corrected chi connectivity index (χ1v) is 4.49. The number of alkyl halides is 1. The molecule has 0 radical (unpaired) electrons. The second kappa shape index (κ2) is 4.82. The molecule has 1 aromatic carbocycles. The molecule has 0 saturated heterocycles. The van der Waals surface area contributed by atoms with Gasteiger partial charge in [-0.25, -0.2) is 0 Å². The van der Waals surface area contributed by atoms with Crippen LogP contribution < -0.4 is 0 Å². The molecule has 70 valence electrons. The number of halogens is 1. The summed E-state index contributed by atoms with van der Waals surface area (Å²) in [6, 6.07) is 7.69. The quantitative estimate of drug-likeness (QED) is 0.416. The largest absolute Gasteiger partial charge is 0.285 e. The molecular weight excluding hydrogens is 186 g/mol. The lowest BCUT2D eigenvalue weighted by atomic mass is 10.2. The Morgan fingerprint density at radius 1 is 1.38 bits per heavy atom. The van der Waals surface area contributed by atoms with Crippen LogP contribution in [0.2, 0.25) is 0 Å². The van der Waals surface area contributed by atoms with Crippen molar-refractivity contribution in [1.29, 1.82) is 0 Å². The summed E-state index contributed by atoms with van der Waals surface area (Å²) in [5, 5.41) is 9.54. The van der Waals surface area contributed by atoms with Gasteiger partial charge in [-0.1, -0.05) is 17.4 Å². The van der Waals surface area contributed by atoms with Crippen molar-refractivity contribution in [1.82, 2.24) is 5.01 Å². The SMILES string of the molecule is CN(C)N=Nc1cccc(CCl)c1. The lowest BCUT2D eigenvalue weighted by Gasteiger charge is -2.01. The zero-order chi connectivity index (χ0) is 9.68. The third-order valence-electron chi connectivity index (χ3n) is 1.40. The van der Waals surface area contributed by atoms with E-state index in [9.17, 15) is 0 Å². The molecule has 0 heterocycles. The molecule has 1 rings (SSSR count). The van der Waals surface area contributed by atoms with Crippen molar-refractivity contribution in [2.24, 2.45) is 10.3 Å². The number of hydrogen-bond donors (Lipinski definition) is 0. The van der Waals surface area contributed by atoms with E-state index in [1.807, 2.05) is 38.4 Å². The van der Waals surface area contributed by atoms with Crippen molar-refractivity contribution in [3.63, 3.8) is 0 Å². The highest BCUT2D eigenvalue weighted by molar-refractivity contribution is 6.17. The van der Waals surface area contributed by atoms with Crippen LogP contribution in [0.5, 0.6) is 0 Å². The van der Waals surface area contributed by atoms with Crippen molar-refractivity contribution in [3.8, 4) is 0 Å². The molecule has 0 saturated carbocycles. The maximum Gasteiger partial charge on any atom is 0.0877 e. The summed E-state index contributed by atoms with van der Waals surface area (Å²) in [4.78, 5) is 0. The highest BCUT2D eigenvalue weighted by Crippen LogP contribution is 2.15. The van der Waals surface area contributed by atoms with Gasteiger partial charge in [0.05, 0.1) is 5.69 Å². The average molecular weight is 198 g/mol. The van der Waals surface area contributed by atoms with Gasteiger partial charge in [0.2, 0.25) is 0 Å². The minimum absolute atomic E-state index is 0.505. The second-order valence-electron chi connectivity index (χ2n) is 2.84. The molecule has 0 aliphatic rings. The summed E-state index contributed by atoms with van der Waals surface area (Å²) >= 11 is 5.68. The Morgan fingerprint density at radius 2 is 2.15 bits per heavy atom. The van der Waals surface area contributed by atoms with Crippen LogP contribution in [0.15, 0.2) is 34.6 Å². The fourth-order valence-corrected chi connectivity index (χ4v) is 1.01. The fraction of sp³-hybridized carbons (Fsp3) is 0.333. The zero-order valence-corrected chi connectivity index (χ0v) is 8.49. The van der Waals surface area contributed by atoms with Crippen LogP contribution in [0.4, 0.5) is 5.69 Å². The predicted molar refractivity (Wildman–Crippen MR) is 54.2 cm³/mol. The Balaban J connectivity index is 2.77. The molecule has 0 bridgehead atoms. The fourth-order valence-electron chi connectivity index (χ4n) is 0.843. The summed E-state index contributed by atoms with van der Waals surface area (Å²) in [5.41, 5.74) is 1.88. The van der Waals surface area contributed by atoms with Gasteiger partial charge in [-0.2, -0.15) is 0 Å². The molecule has 0 aliphatic carbocycles. The van der Waals surface area contributed by atoms with Crippen molar-refractivity contribution in [2.75, 3.05) is 14.1 Å². The number of rotatable bonds is 3. The summed E-state index contributed by atoms with van der Waals surface area (Å²) in [7, 11) is 3.66. The summed E-state index contributed by atoms with van der Waals surface area (Å²) in [5.74, 6) is 0.505. The normalized spacial score (nSPS) is 10.7. The van der Waals surface area contributed by atoms with Crippen molar-refractivity contribution >= 4 is 17.3 Å². The molecule has 0 amide bonds. The molecule has 0 fully saturated rings. The molecule has 4 heteroatoms. The third-order valence-corrected chi connectivity index (χ3v) is 1.71. The van der Waals surface area contributed by atoms with Crippen LogP contribution >= 0.6 is 11.6 Å². The lowest BCUT2D eigenvalue weighted by molar-refractivity contribution is 0.408. The van der Waals surface area contributed by atoms with E-state index < -0.39 is 0 Å². The van der Waals surface area contributed by atoms with E-state index in [1.165, 1.54) is 0 Å². The van der Waals surface area contributed by atoms with Crippen molar-refractivity contribution in [2.45, 2.75) is 5.88 Å². The van der Waals surface area contributed by atoms with Gasteiger partial charge in [-0.05, 0) is 17.7 Å². The van der Waals surface area contributed by atoms with Crippen LogP contribution in [0, 0.1) is 0 Å². The molecule has 0 spiro atoms. The number of hydrogen-bond acceptors (Lipinski definition) is 2. The van der Waals surface area contributed by atoms with Gasteiger partial charge in [0.25, 0.3) is 0 Å². The molecular formula is C9H12ClN3. The van der Waals surface area contributed by atoms with Crippen LogP contribution in [0.25, 0.3) is 0 Å². The maximum atomic E-state index is 5.68.